The molecule has 0 aliphatic heterocycles. The van der Waals surface area contributed by atoms with E-state index < -0.39 is 11.6 Å². The number of benzene rings is 1. The normalized spacial score (nSPS) is 11.1. The second-order valence-electron chi connectivity index (χ2n) is 4.69. The molecule has 0 aliphatic rings. The molecular formula is C14H13BrF2N2O. The molecule has 1 aromatic heterocycles. The third-order valence-electron chi connectivity index (χ3n) is 2.89. The second-order valence-corrected chi connectivity index (χ2v) is 5.55. The van der Waals surface area contributed by atoms with Crippen LogP contribution >= 0.6 is 15.9 Å². The maximum atomic E-state index is 13.6. The summed E-state index contributed by atoms with van der Waals surface area (Å²) in [6.45, 7) is 3.78. The van der Waals surface area contributed by atoms with Crippen molar-refractivity contribution < 1.29 is 13.6 Å². The Bertz CT molecular complexity index is 653. The molecule has 6 heteroatoms. The van der Waals surface area contributed by atoms with Crippen molar-refractivity contribution in [1.29, 1.82) is 0 Å². The van der Waals surface area contributed by atoms with Gasteiger partial charge in [-0.3, -0.25) is 9.48 Å². The van der Waals surface area contributed by atoms with E-state index in [2.05, 4.69) is 21.0 Å². The molecule has 20 heavy (non-hydrogen) atoms. The zero-order chi connectivity index (χ0) is 14.9. The standard InChI is InChI=1S/C14H13BrF2N2O/c1-8(2)19-14(10(15)7-18-19)12(20)6-9-4-3-5-11(16)13(9)17/h3-5,7-8H,6H2,1-2H3. The van der Waals surface area contributed by atoms with Gasteiger partial charge in [0.05, 0.1) is 10.7 Å². The number of carbonyl (C=O) groups is 1. The molecule has 1 aromatic carbocycles. The van der Waals surface area contributed by atoms with Crippen LogP contribution in [0.5, 0.6) is 0 Å². The van der Waals surface area contributed by atoms with E-state index in [9.17, 15) is 13.6 Å². The lowest BCUT2D eigenvalue weighted by Crippen LogP contribution is -2.15. The molecule has 0 atom stereocenters. The molecule has 0 aliphatic carbocycles. The van der Waals surface area contributed by atoms with E-state index in [0.29, 0.717) is 10.2 Å². The number of hydrogen-bond acceptors (Lipinski definition) is 2. The summed E-state index contributed by atoms with van der Waals surface area (Å²) < 4.78 is 28.9. The number of aromatic nitrogens is 2. The summed E-state index contributed by atoms with van der Waals surface area (Å²) in [4.78, 5) is 12.3. The lowest BCUT2D eigenvalue weighted by atomic mass is 10.1. The van der Waals surface area contributed by atoms with E-state index in [-0.39, 0.29) is 23.8 Å². The van der Waals surface area contributed by atoms with E-state index in [1.165, 1.54) is 18.3 Å². The highest BCUT2D eigenvalue weighted by Gasteiger charge is 2.21. The van der Waals surface area contributed by atoms with Crippen LogP contribution in [0.25, 0.3) is 0 Å². The number of carbonyl (C=O) groups excluding carboxylic acids is 1. The molecule has 106 valence electrons. The molecule has 1 heterocycles. The number of hydrogen-bond donors (Lipinski definition) is 0. The molecule has 3 nitrogen and oxygen atoms in total. The van der Waals surface area contributed by atoms with Crippen LogP contribution in [0.3, 0.4) is 0 Å². The Kier molecular flexibility index (Phi) is 4.32. The molecule has 0 fully saturated rings. The van der Waals surface area contributed by atoms with Crippen molar-refractivity contribution in [2.75, 3.05) is 0 Å². The van der Waals surface area contributed by atoms with Crippen LogP contribution in [0, 0.1) is 11.6 Å². The summed E-state index contributed by atoms with van der Waals surface area (Å²) in [5.41, 5.74) is 0.405. The molecule has 0 amide bonds. The zero-order valence-corrected chi connectivity index (χ0v) is 12.6. The van der Waals surface area contributed by atoms with E-state index in [1.54, 1.807) is 4.68 Å². The number of rotatable bonds is 4. The second kappa shape index (κ2) is 5.83. The van der Waals surface area contributed by atoms with Gasteiger partial charge in [-0.1, -0.05) is 12.1 Å². The first-order valence-electron chi connectivity index (χ1n) is 6.11. The quantitative estimate of drug-likeness (QED) is 0.789. The Labute approximate surface area is 123 Å². The predicted octanol–water partition coefficient (Wildman–Crippen LogP) is 3.93. The average Bonchev–Trinajstić information content (AvgIpc) is 2.77. The SMILES string of the molecule is CC(C)n1ncc(Br)c1C(=O)Cc1cccc(F)c1F. The molecule has 0 bridgehead atoms. The number of halogens is 3. The van der Waals surface area contributed by atoms with Crippen molar-refractivity contribution in [2.24, 2.45) is 0 Å². The van der Waals surface area contributed by atoms with E-state index in [0.717, 1.165) is 6.07 Å². The Morgan fingerprint density at radius 1 is 1.40 bits per heavy atom. The third-order valence-corrected chi connectivity index (χ3v) is 3.47. The van der Waals surface area contributed by atoms with Crippen molar-refractivity contribution in [3.05, 3.63) is 51.8 Å². The van der Waals surface area contributed by atoms with E-state index in [1.807, 2.05) is 13.8 Å². The fourth-order valence-corrected chi connectivity index (χ4v) is 2.43. The van der Waals surface area contributed by atoms with E-state index >= 15 is 0 Å². The van der Waals surface area contributed by atoms with Crippen LogP contribution in [0.4, 0.5) is 8.78 Å². The molecule has 2 aromatic rings. The van der Waals surface area contributed by atoms with Gasteiger partial charge in [-0.25, -0.2) is 8.78 Å². The molecule has 0 radical (unpaired) electrons. The first-order chi connectivity index (χ1) is 9.41. The van der Waals surface area contributed by atoms with Gasteiger partial charge in [0, 0.05) is 12.5 Å². The molecular weight excluding hydrogens is 330 g/mol. The van der Waals surface area contributed by atoms with Crippen molar-refractivity contribution in [1.82, 2.24) is 9.78 Å². The summed E-state index contributed by atoms with van der Waals surface area (Å²) in [5.74, 6) is -2.24. The van der Waals surface area contributed by atoms with Crippen molar-refractivity contribution in [3.63, 3.8) is 0 Å². The largest absolute Gasteiger partial charge is 0.292 e. The monoisotopic (exact) mass is 342 g/mol. The first kappa shape index (κ1) is 14.8. The van der Waals surface area contributed by atoms with Gasteiger partial charge in [-0.2, -0.15) is 5.10 Å². The Balaban J connectivity index is 2.34. The van der Waals surface area contributed by atoms with Crippen LogP contribution in [-0.2, 0) is 6.42 Å². The van der Waals surface area contributed by atoms with Crippen molar-refractivity contribution in [3.8, 4) is 0 Å². The van der Waals surface area contributed by atoms with Crippen LogP contribution in [0.2, 0.25) is 0 Å². The lowest BCUT2D eigenvalue weighted by Gasteiger charge is -2.11. The topological polar surface area (TPSA) is 34.9 Å². The van der Waals surface area contributed by atoms with Crippen LogP contribution in [-0.4, -0.2) is 15.6 Å². The summed E-state index contributed by atoms with van der Waals surface area (Å²) in [6, 6.07) is 3.81. The number of ketones is 1. The minimum absolute atomic E-state index is 0.00222. The van der Waals surface area contributed by atoms with Gasteiger partial charge in [0.15, 0.2) is 17.4 Å². The fourth-order valence-electron chi connectivity index (χ4n) is 1.94. The zero-order valence-electron chi connectivity index (χ0n) is 11.0. The minimum Gasteiger partial charge on any atom is -0.292 e. The molecule has 2 rings (SSSR count). The summed E-state index contributed by atoms with van der Waals surface area (Å²) >= 11 is 3.26. The Hall–Kier alpha value is -1.56. The van der Waals surface area contributed by atoms with Gasteiger partial charge in [0.1, 0.15) is 5.69 Å². The maximum absolute atomic E-state index is 13.6. The smallest absolute Gasteiger partial charge is 0.186 e. The van der Waals surface area contributed by atoms with E-state index in [4.69, 9.17) is 0 Å². The molecule has 0 N–H and O–H groups in total. The van der Waals surface area contributed by atoms with Crippen LogP contribution in [0.15, 0.2) is 28.9 Å². The number of Topliss-reactive ketones (excluding diaryl/α,β-unsaturated/α-hetero) is 1. The summed E-state index contributed by atoms with van der Waals surface area (Å²) in [6.07, 6.45) is 1.32. The highest BCUT2D eigenvalue weighted by Crippen LogP contribution is 2.22. The number of nitrogens with zero attached hydrogens (tertiary/aromatic N) is 2. The van der Waals surface area contributed by atoms with Gasteiger partial charge >= 0.3 is 0 Å². The lowest BCUT2D eigenvalue weighted by molar-refractivity contribution is 0.0978. The van der Waals surface area contributed by atoms with Gasteiger partial charge in [0.25, 0.3) is 0 Å². The predicted molar refractivity (Wildman–Crippen MR) is 74.7 cm³/mol. The van der Waals surface area contributed by atoms with Gasteiger partial charge in [-0.15, -0.1) is 0 Å². The summed E-state index contributed by atoms with van der Waals surface area (Å²) in [5, 5.41) is 4.10. The molecule has 0 unspecified atom stereocenters. The Morgan fingerprint density at radius 3 is 2.75 bits per heavy atom. The van der Waals surface area contributed by atoms with Gasteiger partial charge in [0.2, 0.25) is 0 Å². The maximum Gasteiger partial charge on any atom is 0.186 e. The highest BCUT2D eigenvalue weighted by molar-refractivity contribution is 9.10. The summed E-state index contributed by atoms with van der Waals surface area (Å²) in [7, 11) is 0. The third kappa shape index (κ3) is 2.80. The minimum atomic E-state index is -0.979. The molecule has 0 spiro atoms. The average molecular weight is 343 g/mol. The fraction of sp³-hybridized carbons (Fsp3) is 0.286. The van der Waals surface area contributed by atoms with Crippen molar-refractivity contribution >= 4 is 21.7 Å². The highest BCUT2D eigenvalue weighted by atomic mass is 79.9. The Morgan fingerprint density at radius 2 is 2.10 bits per heavy atom. The van der Waals surface area contributed by atoms with Crippen molar-refractivity contribution in [2.45, 2.75) is 26.3 Å². The molecule has 0 saturated heterocycles. The van der Waals surface area contributed by atoms with Crippen LogP contribution < -0.4 is 0 Å². The first-order valence-corrected chi connectivity index (χ1v) is 6.90. The van der Waals surface area contributed by atoms with Gasteiger partial charge < -0.3 is 0 Å². The van der Waals surface area contributed by atoms with Crippen LogP contribution in [0.1, 0.15) is 35.9 Å². The van der Waals surface area contributed by atoms with Gasteiger partial charge in [-0.05, 0) is 41.4 Å². The molecule has 0 saturated carbocycles.